The van der Waals surface area contributed by atoms with Gasteiger partial charge in [-0.15, -0.1) is 0 Å². The summed E-state index contributed by atoms with van der Waals surface area (Å²) in [6.45, 7) is 2.16. The van der Waals surface area contributed by atoms with Crippen LogP contribution in [0.1, 0.15) is 44.6 Å². The Morgan fingerprint density at radius 2 is 1.68 bits per heavy atom. The van der Waals surface area contributed by atoms with E-state index in [4.69, 9.17) is 4.74 Å². The zero-order valence-corrected chi connectivity index (χ0v) is 15.1. The first-order valence-electron chi connectivity index (χ1n) is 8.48. The first-order chi connectivity index (χ1) is 11.9. The summed E-state index contributed by atoms with van der Waals surface area (Å²) in [5.74, 6) is 0.0383. The van der Waals surface area contributed by atoms with Crippen LogP contribution in [0.15, 0.2) is 47.4 Å². The standard InChI is InChI=1S/C19H24O5S/c1-2-3-4-5-6-9-15-12-13-19(25(21,22)23)18(14-15)24-17-11-8-7-10-16(17)20/h7-8,10-14,20H,2-6,9H2,1H3,(H,21,22,23). The molecule has 6 heteroatoms. The Bertz CT molecular complexity index is 799. The number of benzene rings is 2. The van der Waals surface area contributed by atoms with Crippen molar-refractivity contribution in [3.63, 3.8) is 0 Å². The number of rotatable bonds is 9. The molecule has 2 N–H and O–H groups in total. The van der Waals surface area contributed by atoms with Crippen molar-refractivity contribution in [2.75, 3.05) is 0 Å². The van der Waals surface area contributed by atoms with Crippen molar-refractivity contribution in [2.24, 2.45) is 0 Å². The SMILES string of the molecule is CCCCCCCc1ccc(S(=O)(=O)O)c(Oc2ccccc2O)c1. The van der Waals surface area contributed by atoms with E-state index in [1.54, 1.807) is 24.3 Å². The molecule has 2 rings (SSSR count). The Balaban J connectivity index is 2.21. The van der Waals surface area contributed by atoms with Crippen molar-refractivity contribution in [3.05, 3.63) is 48.0 Å². The highest BCUT2D eigenvalue weighted by Gasteiger charge is 2.18. The van der Waals surface area contributed by atoms with Gasteiger partial charge in [-0.25, -0.2) is 0 Å². The second-order valence-electron chi connectivity index (χ2n) is 5.99. The van der Waals surface area contributed by atoms with Gasteiger partial charge in [0.1, 0.15) is 10.6 Å². The van der Waals surface area contributed by atoms with Crippen LogP contribution in [0.3, 0.4) is 0 Å². The molecular formula is C19H24O5S. The molecule has 0 aliphatic heterocycles. The van der Waals surface area contributed by atoms with E-state index in [1.165, 1.54) is 37.5 Å². The van der Waals surface area contributed by atoms with E-state index >= 15 is 0 Å². The van der Waals surface area contributed by atoms with Gasteiger partial charge in [-0.3, -0.25) is 4.55 Å². The van der Waals surface area contributed by atoms with Gasteiger partial charge in [0.2, 0.25) is 0 Å². The monoisotopic (exact) mass is 364 g/mol. The van der Waals surface area contributed by atoms with E-state index in [1.807, 2.05) is 0 Å². The molecule has 5 nitrogen and oxygen atoms in total. The van der Waals surface area contributed by atoms with Crippen LogP contribution in [0, 0.1) is 0 Å². The third-order valence-corrected chi connectivity index (χ3v) is 4.83. The number of ether oxygens (including phenoxy) is 1. The van der Waals surface area contributed by atoms with E-state index in [2.05, 4.69) is 6.92 Å². The average molecular weight is 364 g/mol. The Hall–Kier alpha value is -2.05. The minimum atomic E-state index is -4.42. The zero-order valence-electron chi connectivity index (χ0n) is 14.3. The van der Waals surface area contributed by atoms with Gasteiger partial charge in [0.25, 0.3) is 10.1 Å². The van der Waals surface area contributed by atoms with Gasteiger partial charge >= 0.3 is 0 Å². The minimum Gasteiger partial charge on any atom is -0.504 e. The fourth-order valence-corrected chi connectivity index (χ4v) is 3.19. The highest BCUT2D eigenvalue weighted by atomic mass is 32.2. The van der Waals surface area contributed by atoms with Crippen LogP contribution in [0.2, 0.25) is 0 Å². The number of phenolic OH excluding ortho intramolecular Hbond substituents is 1. The number of hydrogen-bond donors (Lipinski definition) is 2. The molecule has 0 aromatic heterocycles. The predicted molar refractivity (Wildman–Crippen MR) is 96.9 cm³/mol. The lowest BCUT2D eigenvalue weighted by Crippen LogP contribution is -2.02. The third kappa shape index (κ3) is 5.76. The molecule has 0 heterocycles. The molecule has 0 aliphatic rings. The molecule has 0 radical (unpaired) electrons. The van der Waals surface area contributed by atoms with Crippen molar-refractivity contribution < 1.29 is 22.8 Å². The number of unbranched alkanes of at least 4 members (excludes halogenated alkanes) is 4. The van der Waals surface area contributed by atoms with Crippen molar-refractivity contribution in [1.82, 2.24) is 0 Å². The van der Waals surface area contributed by atoms with E-state index in [0.717, 1.165) is 24.8 Å². The largest absolute Gasteiger partial charge is 0.504 e. The number of hydrogen-bond acceptors (Lipinski definition) is 4. The quantitative estimate of drug-likeness (QED) is 0.486. The number of aryl methyl sites for hydroxylation is 1. The van der Waals surface area contributed by atoms with Crippen LogP contribution in [0.5, 0.6) is 17.2 Å². The van der Waals surface area contributed by atoms with Crippen LogP contribution >= 0.6 is 0 Å². The maximum Gasteiger partial charge on any atom is 0.298 e. The van der Waals surface area contributed by atoms with E-state index < -0.39 is 10.1 Å². The average Bonchev–Trinajstić information content (AvgIpc) is 2.56. The first-order valence-corrected chi connectivity index (χ1v) is 9.92. The smallest absolute Gasteiger partial charge is 0.298 e. The second kappa shape index (κ2) is 8.87. The summed E-state index contributed by atoms with van der Waals surface area (Å²) in [4.78, 5) is -0.314. The lowest BCUT2D eigenvalue weighted by atomic mass is 10.1. The maximum atomic E-state index is 11.6. The molecule has 2 aromatic rings. The summed E-state index contributed by atoms with van der Waals surface area (Å²) in [6.07, 6.45) is 6.49. The Labute approximate surface area is 149 Å². The van der Waals surface area contributed by atoms with Gasteiger partial charge < -0.3 is 9.84 Å². The van der Waals surface area contributed by atoms with E-state index in [0.29, 0.717) is 0 Å². The molecular weight excluding hydrogens is 340 g/mol. The summed E-state index contributed by atoms with van der Waals surface area (Å²) in [7, 11) is -4.42. The first kappa shape index (κ1) is 19.3. The topological polar surface area (TPSA) is 83.8 Å². The van der Waals surface area contributed by atoms with Gasteiger partial charge in [-0.1, -0.05) is 50.8 Å². The summed E-state index contributed by atoms with van der Waals surface area (Å²) in [5, 5.41) is 9.82. The molecule has 0 atom stereocenters. The highest BCUT2D eigenvalue weighted by molar-refractivity contribution is 7.86. The van der Waals surface area contributed by atoms with Crippen LogP contribution in [-0.4, -0.2) is 18.1 Å². The van der Waals surface area contributed by atoms with E-state index in [9.17, 15) is 18.1 Å². The van der Waals surface area contributed by atoms with Gasteiger partial charge in [0, 0.05) is 0 Å². The van der Waals surface area contributed by atoms with Crippen molar-refractivity contribution in [1.29, 1.82) is 0 Å². The molecule has 0 unspecified atom stereocenters. The molecule has 0 amide bonds. The lowest BCUT2D eigenvalue weighted by molar-refractivity contribution is 0.402. The normalized spacial score (nSPS) is 11.4. The lowest BCUT2D eigenvalue weighted by Gasteiger charge is -2.12. The van der Waals surface area contributed by atoms with Gasteiger partial charge in [-0.2, -0.15) is 8.42 Å². The van der Waals surface area contributed by atoms with Gasteiger partial charge in [-0.05, 0) is 42.7 Å². The molecule has 136 valence electrons. The van der Waals surface area contributed by atoms with Crippen LogP contribution in [0.4, 0.5) is 0 Å². The zero-order chi connectivity index (χ0) is 18.3. The fourth-order valence-electron chi connectivity index (χ4n) is 2.60. The molecule has 0 aliphatic carbocycles. The summed E-state index contributed by atoms with van der Waals surface area (Å²) in [6, 6.07) is 10.9. The molecule has 0 saturated heterocycles. The Kier molecular flexibility index (Phi) is 6.84. The Morgan fingerprint density at radius 1 is 0.960 bits per heavy atom. The number of phenols is 1. The van der Waals surface area contributed by atoms with Crippen molar-refractivity contribution >= 4 is 10.1 Å². The predicted octanol–water partition coefficient (Wildman–Crippen LogP) is 4.94. The van der Waals surface area contributed by atoms with Crippen molar-refractivity contribution in [2.45, 2.75) is 50.3 Å². The summed E-state index contributed by atoms with van der Waals surface area (Å²) >= 11 is 0. The highest BCUT2D eigenvalue weighted by Crippen LogP contribution is 2.34. The van der Waals surface area contributed by atoms with Gasteiger partial charge in [0.15, 0.2) is 11.5 Å². The summed E-state index contributed by atoms with van der Waals surface area (Å²) < 4.78 is 38.1. The van der Waals surface area contributed by atoms with E-state index in [-0.39, 0.29) is 22.1 Å². The molecule has 0 fully saturated rings. The van der Waals surface area contributed by atoms with Crippen molar-refractivity contribution in [3.8, 4) is 17.2 Å². The molecule has 0 bridgehead atoms. The minimum absolute atomic E-state index is 0.00931. The van der Waals surface area contributed by atoms with Crippen LogP contribution in [0.25, 0.3) is 0 Å². The fraction of sp³-hybridized carbons (Fsp3) is 0.368. The van der Waals surface area contributed by atoms with Crippen LogP contribution in [-0.2, 0) is 16.5 Å². The molecule has 25 heavy (non-hydrogen) atoms. The molecule has 0 spiro atoms. The molecule has 0 saturated carbocycles. The summed E-state index contributed by atoms with van der Waals surface area (Å²) in [5.41, 5.74) is 0.925. The maximum absolute atomic E-state index is 11.6. The number of aromatic hydroxyl groups is 1. The third-order valence-electron chi connectivity index (χ3n) is 3.94. The van der Waals surface area contributed by atoms with Gasteiger partial charge in [0.05, 0.1) is 0 Å². The second-order valence-corrected chi connectivity index (χ2v) is 7.38. The Morgan fingerprint density at radius 3 is 2.36 bits per heavy atom. The van der Waals surface area contributed by atoms with Crippen LogP contribution < -0.4 is 4.74 Å². The number of para-hydroxylation sites is 2. The molecule has 2 aromatic carbocycles.